The molecular formula is C38H37NO3. The Labute approximate surface area is 247 Å². The molecule has 1 unspecified atom stereocenters. The van der Waals surface area contributed by atoms with Gasteiger partial charge in [0.1, 0.15) is 0 Å². The van der Waals surface area contributed by atoms with Gasteiger partial charge in [-0.3, -0.25) is 14.4 Å². The van der Waals surface area contributed by atoms with Gasteiger partial charge in [0.2, 0.25) is 0 Å². The monoisotopic (exact) mass is 555 g/mol. The van der Waals surface area contributed by atoms with Crippen molar-refractivity contribution < 1.29 is 14.4 Å². The summed E-state index contributed by atoms with van der Waals surface area (Å²) in [5.74, 6) is 0.149. The largest absolute Gasteiger partial charge is 0.309 e. The van der Waals surface area contributed by atoms with Crippen LogP contribution in [0.25, 0.3) is 38.6 Å². The lowest BCUT2D eigenvalue weighted by atomic mass is 9.75. The molecule has 5 aromatic rings. The van der Waals surface area contributed by atoms with E-state index in [4.69, 9.17) is 0 Å². The Balaban J connectivity index is 1.65. The maximum atomic E-state index is 12.4. The number of fused-ring (bicyclic) bond motifs is 6. The molecule has 0 saturated carbocycles. The van der Waals surface area contributed by atoms with Gasteiger partial charge in [-0.15, -0.1) is 0 Å². The Kier molecular flexibility index (Phi) is 6.97. The summed E-state index contributed by atoms with van der Waals surface area (Å²) in [6.45, 7) is 9.39. The maximum absolute atomic E-state index is 12.4. The maximum Gasteiger partial charge on any atom is 0.159 e. The van der Waals surface area contributed by atoms with Gasteiger partial charge in [0.05, 0.1) is 11.0 Å². The third-order valence-corrected chi connectivity index (χ3v) is 9.28. The number of benzene rings is 4. The van der Waals surface area contributed by atoms with E-state index in [1.165, 1.54) is 41.5 Å². The molecule has 1 heterocycles. The van der Waals surface area contributed by atoms with Crippen LogP contribution in [0, 0.1) is 0 Å². The smallest absolute Gasteiger partial charge is 0.159 e. The summed E-state index contributed by atoms with van der Waals surface area (Å²) in [5.41, 5.74) is 9.81. The van der Waals surface area contributed by atoms with Crippen LogP contribution in [-0.4, -0.2) is 21.9 Å². The lowest BCUT2D eigenvalue weighted by Crippen LogP contribution is -2.21. The molecule has 4 heteroatoms. The summed E-state index contributed by atoms with van der Waals surface area (Å²) in [5, 5.41) is 2.11. The molecule has 1 aliphatic carbocycles. The fourth-order valence-corrected chi connectivity index (χ4v) is 6.86. The lowest BCUT2D eigenvalue weighted by Gasteiger charge is -2.28. The molecule has 0 saturated heterocycles. The number of rotatable bonds is 9. The van der Waals surface area contributed by atoms with E-state index in [2.05, 4.69) is 42.7 Å². The summed E-state index contributed by atoms with van der Waals surface area (Å²) in [4.78, 5) is 36.8. The standard InChI is InChI=1S/C38H37NO3/c1-6-7-8-9-18-38(5)34-20-28(25(4)42)12-16-30(34)31-21-33-32-19-27(24(3)41)13-17-36(32)39(37(33)22-35(31)38)29-14-10-26(11-15-29)23(2)40/h10-17,19-22H,6-9,18H2,1-5H3. The van der Waals surface area contributed by atoms with E-state index in [1.807, 2.05) is 48.5 Å². The summed E-state index contributed by atoms with van der Waals surface area (Å²) < 4.78 is 2.25. The first-order valence-electron chi connectivity index (χ1n) is 15.0. The minimum absolute atomic E-state index is 0.0338. The average Bonchev–Trinajstić information content (AvgIpc) is 3.42. The Morgan fingerprint density at radius 3 is 1.88 bits per heavy atom. The second-order valence-electron chi connectivity index (χ2n) is 12.1. The predicted octanol–water partition coefficient (Wildman–Crippen LogP) is 9.65. The first-order valence-corrected chi connectivity index (χ1v) is 15.0. The first-order chi connectivity index (χ1) is 20.1. The third kappa shape index (κ3) is 4.41. The molecule has 1 atom stereocenters. The Bertz CT molecular complexity index is 1910. The number of carbonyl (C=O) groups excluding carboxylic acids is 3. The van der Waals surface area contributed by atoms with Crippen molar-refractivity contribution in [2.75, 3.05) is 0 Å². The van der Waals surface area contributed by atoms with Gasteiger partial charge in [-0.2, -0.15) is 0 Å². The van der Waals surface area contributed by atoms with Gasteiger partial charge < -0.3 is 4.57 Å². The molecular weight excluding hydrogens is 518 g/mol. The number of Topliss-reactive ketones (excluding diaryl/α,β-unsaturated/α-hetero) is 3. The molecule has 42 heavy (non-hydrogen) atoms. The Hall–Kier alpha value is -4.31. The topological polar surface area (TPSA) is 56.1 Å². The zero-order chi connectivity index (χ0) is 29.8. The quantitative estimate of drug-likeness (QED) is 0.134. The van der Waals surface area contributed by atoms with E-state index in [1.54, 1.807) is 20.8 Å². The van der Waals surface area contributed by atoms with Crippen LogP contribution in [0.15, 0.2) is 72.8 Å². The first kappa shape index (κ1) is 27.8. The molecule has 0 N–H and O–H groups in total. The molecule has 6 rings (SSSR count). The molecule has 212 valence electrons. The number of hydrogen-bond donors (Lipinski definition) is 0. The van der Waals surface area contributed by atoms with E-state index in [0.717, 1.165) is 45.9 Å². The molecule has 0 bridgehead atoms. The summed E-state index contributed by atoms with van der Waals surface area (Å²) >= 11 is 0. The van der Waals surface area contributed by atoms with Crippen LogP contribution in [0.1, 0.15) is 109 Å². The van der Waals surface area contributed by atoms with Crippen molar-refractivity contribution in [3.63, 3.8) is 0 Å². The summed E-state index contributed by atoms with van der Waals surface area (Å²) in [7, 11) is 0. The molecule has 0 amide bonds. The fraction of sp³-hybridized carbons (Fsp3) is 0.289. The highest BCUT2D eigenvalue weighted by Crippen LogP contribution is 2.53. The van der Waals surface area contributed by atoms with E-state index in [0.29, 0.717) is 11.1 Å². The van der Waals surface area contributed by atoms with E-state index < -0.39 is 0 Å². The molecule has 0 fully saturated rings. The van der Waals surface area contributed by atoms with Crippen LogP contribution in [0.2, 0.25) is 0 Å². The molecule has 1 aromatic heterocycles. The van der Waals surface area contributed by atoms with Crippen LogP contribution in [0.4, 0.5) is 0 Å². The van der Waals surface area contributed by atoms with Crippen molar-refractivity contribution in [1.29, 1.82) is 0 Å². The Morgan fingerprint density at radius 1 is 0.619 bits per heavy atom. The van der Waals surface area contributed by atoms with E-state index in [-0.39, 0.29) is 22.8 Å². The zero-order valence-electron chi connectivity index (χ0n) is 25.1. The number of hydrogen-bond acceptors (Lipinski definition) is 3. The molecule has 4 aromatic carbocycles. The lowest BCUT2D eigenvalue weighted by molar-refractivity contribution is 0.100. The average molecular weight is 556 g/mol. The van der Waals surface area contributed by atoms with Gasteiger partial charge in [0.25, 0.3) is 0 Å². The van der Waals surface area contributed by atoms with Crippen molar-refractivity contribution in [2.24, 2.45) is 0 Å². The van der Waals surface area contributed by atoms with E-state index in [9.17, 15) is 14.4 Å². The minimum atomic E-state index is -0.234. The number of ketones is 3. The van der Waals surface area contributed by atoms with Gasteiger partial charge >= 0.3 is 0 Å². The van der Waals surface area contributed by atoms with Crippen LogP contribution in [0.5, 0.6) is 0 Å². The second kappa shape index (κ2) is 10.5. The highest BCUT2D eigenvalue weighted by molar-refractivity contribution is 6.13. The van der Waals surface area contributed by atoms with Gasteiger partial charge in [-0.05, 0) is 110 Å². The number of aromatic nitrogens is 1. The number of carbonyl (C=O) groups is 3. The van der Waals surface area contributed by atoms with Crippen LogP contribution in [0.3, 0.4) is 0 Å². The normalized spacial score (nSPS) is 15.6. The zero-order valence-corrected chi connectivity index (χ0v) is 25.1. The van der Waals surface area contributed by atoms with Gasteiger partial charge in [-0.25, -0.2) is 0 Å². The van der Waals surface area contributed by atoms with Crippen molar-refractivity contribution in [3.8, 4) is 16.8 Å². The predicted molar refractivity (Wildman–Crippen MR) is 171 cm³/mol. The summed E-state index contributed by atoms with van der Waals surface area (Å²) in [6.07, 6.45) is 5.70. The van der Waals surface area contributed by atoms with Crippen molar-refractivity contribution in [3.05, 3.63) is 101 Å². The van der Waals surface area contributed by atoms with Gasteiger partial charge in [-0.1, -0.05) is 51.7 Å². The second-order valence-corrected chi connectivity index (χ2v) is 12.1. The minimum Gasteiger partial charge on any atom is -0.309 e. The molecule has 4 nitrogen and oxygen atoms in total. The van der Waals surface area contributed by atoms with Crippen LogP contribution in [-0.2, 0) is 5.41 Å². The van der Waals surface area contributed by atoms with E-state index >= 15 is 0 Å². The SMILES string of the molecule is CCCCCCC1(C)c2cc(C(C)=O)ccc2-c2cc3c4cc(C(C)=O)ccc4n(-c4ccc(C(C)=O)cc4)c3cc21. The molecule has 0 aliphatic heterocycles. The third-order valence-electron chi connectivity index (χ3n) is 9.28. The van der Waals surface area contributed by atoms with Crippen LogP contribution < -0.4 is 0 Å². The molecule has 0 spiro atoms. The number of nitrogens with zero attached hydrogens (tertiary/aromatic N) is 1. The highest BCUT2D eigenvalue weighted by Gasteiger charge is 2.40. The molecule has 0 radical (unpaired) electrons. The van der Waals surface area contributed by atoms with Crippen molar-refractivity contribution >= 4 is 39.2 Å². The Morgan fingerprint density at radius 2 is 1.21 bits per heavy atom. The van der Waals surface area contributed by atoms with Crippen LogP contribution >= 0.6 is 0 Å². The highest BCUT2D eigenvalue weighted by atomic mass is 16.1. The number of unbranched alkanes of at least 4 members (excludes halogenated alkanes) is 3. The van der Waals surface area contributed by atoms with Crippen molar-refractivity contribution in [1.82, 2.24) is 4.57 Å². The summed E-state index contributed by atoms with van der Waals surface area (Å²) in [6, 6.07) is 24.5. The van der Waals surface area contributed by atoms with Gasteiger partial charge in [0.15, 0.2) is 17.3 Å². The molecule has 1 aliphatic rings. The van der Waals surface area contributed by atoms with Gasteiger partial charge in [0, 0.05) is 38.6 Å². The van der Waals surface area contributed by atoms with Crippen molar-refractivity contribution in [2.45, 2.75) is 72.1 Å². The fourth-order valence-electron chi connectivity index (χ4n) is 6.86.